The molecule has 1 aliphatic rings. The van der Waals surface area contributed by atoms with Crippen LogP contribution in [0.2, 0.25) is 0 Å². The van der Waals surface area contributed by atoms with Crippen LogP contribution in [-0.4, -0.2) is 43.3 Å². The number of allylic oxidation sites excluding steroid dienone is 2. The van der Waals surface area contributed by atoms with Gasteiger partial charge in [-0.1, -0.05) is 0 Å². The van der Waals surface area contributed by atoms with Crippen molar-refractivity contribution in [3.05, 3.63) is 58.2 Å². The molecule has 0 fully saturated rings. The minimum Gasteiger partial charge on any atom is -0.491 e. The normalized spacial score (nSPS) is 14.2. The molecular formula is C16H11F2N3O5S. The molecule has 8 nitrogen and oxygen atoms in total. The number of methoxy groups -OCH3 is 1. The van der Waals surface area contributed by atoms with Crippen molar-refractivity contribution < 1.29 is 31.5 Å². The molecule has 0 saturated heterocycles. The number of carbonyl (C=O) groups is 2. The Morgan fingerprint density at radius 2 is 1.52 bits per heavy atom. The van der Waals surface area contributed by atoms with Crippen LogP contribution in [0.15, 0.2) is 35.1 Å². The molecule has 27 heavy (non-hydrogen) atoms. The van der Waals surface area contributed by atoms with Gasteiger partial charge in [0.1, 0.15) is 22.0 Å². The standard InChI is InChI=1S/C16H11F2N3O5S/c1-26-15-8(17)5-7(6-9(15)18)21-12-13(22)10-11(20-4-3-19-10)14(23)16(12)27(2,24)25/h3-6,21H,1-2H3. The van der Waals surface area contributed by atoms with Crippen molar-refractivity contribution in [1.29, 1.82) is 0 Å². The van der Waals surface area contributed by atoms with Crippen LogP contribution in [-0.2, 0) is 9.84 Å². The molecule has 1 aromatic carbocycles. The number of Topliss-reactive ketones (excluding diaryl/α,β-unsaturated/α-hetero) is 2. The Labute approximate surface area is 151 Å². The van der Waals surface area contributed by atoms with Gasteiger partial charge >= 0.3 is 0 Å². The quantitative estimate of drug-likeness (QED) is 0.828. The number of ketones is 2. The van der Waals surface area contributed by atoms with Crippen molar-refractivity contribution in [2.45, 2.75) is 0 Å². The van der Waals surface area contributed by atoms with E-state index in [0.717, 1.165) is 37.9 Å². The van der Waals surface area contributed by atoms with Crippen molar-refractivity contribution >= 4 is 27.1 Å². The average Bonchev–Trinajstić information content (AvgIpc) is 2.58. The van der Waals surface area contributed by atoms with E-state index in [4.69, 9.17) is 0 Å². The van der Waals surface area contributed by atoms with Crippen LogP contribution in [0.25, 0.3) is 0 Å². The number of hydrogen-bond donors (Lipinski definition) is 1. The van der Waals surface area contributed by atoms with Gasteiger partial charge in [-0.25, -0.2) is 27.2 Å². The molecule has 2 aromatic rings. The molecule has 1 heterocycles. The second-order valence-electron chi connectivity index (χ2n) is 5.49. The number of carbonyl (C=O) groups excluding carboxylic acids is 2. The summed E-state index contributed by atoms with van der Waals surface area (Å²) < 4.78 is 56.5. The molecule has 11 heteroatoms. The molecule has 0 spiro atoms. The van der Waals surface area contributed by atoms with Crippen LogP contribution in [0, 0.1) is 11.6 Å². The molecule has 1 N–H and O–H groups in total. The van der Waals surface area contributed by atoms with E-state index < -0.39 is 55.1 Å². The first-order chi connectivity index (χ1) is 12.6. The van der Waals surface area contributed by atoms with Gasteiger partial charge in [0.25, 0.3) is 0 Å². The van der Waals surface area contributed by atoms with Crippen molar-refractivity contribution in [3.8, 4) is 5.75 Å². The third-order valence-electron chi connectivity index (χ3n) is 3.63. The lowest BCUT2D eigenvalue weighted by Crippen LogP contribution is -2.31. The summed E-state index contributed by atoms with van der Waals surface area (Å²) in [5.74, 6) is -4.82. The number of nitrogens with one attached hydrogen (secondary N) is 1. The maximum atomic E-state index is 13.9. The topological polar surface area (TPSA) is 115 Å². The molecular weight excluding hydrogens is 384 g/mol. The summed E-state index contributed by atoms with van der Waals surface area (Å²) in [6, 6.07) is 1.58. The predicted octanol–water partition coefficient (Wildman–Crippen LogP) is 1.51. The molecule has 0 saturated carbocycles. The van der Waals surface area contributed by atoms with E-state index in [1.165, 1.54) is 0 Å². The molecule has 0 unspecified atom stereocenters. The van der Waals surface area contributed by atoms with Crippen molar-refractivity contribution in [1.82, 2.24) is 9.97 Å². The van der Waals surface area contributed by atoms with Gasteiger partial charge in [0.2, 0.25) is 11.6 Å². The highest BCUT2D eigenvalue weighted by Gasteiger charge is 2.39. The van der Waals surface area contributed by atoms with Gasteiger partial charge in [-0.2, -0.15) is 0 Å². The minimum atomic E-state index is -4.19. The maximum Gasteiger partial charge on any atom is 0.231 e. The molecule has 140 valence electrons. The molecule has 0 bridgehead atoms. The van der Waals surface area contributed by atoms with Gasteiger partial charge in [0.15, 0.2) is 27.2 Å². The average molecular weight is 395 g/mol. The Hall–Kier alpha value is -3.21. The summed E-state index contributed by atoms with van der Waals surface area (Å²) in [6.45, 7) is 0. The number of anilines is 1. The van der Waals surface area contributed by atoms with Gasteiger partial charge in [-0.15, -0.1) is 0 Å². The van der Waals surface area contributed by atoms with Crippen LogP contribution in [0.5, 0.6) is 5.75 Å². The Morgan fingerprint density at radius 3 is 2.00 bits per heavy atom. The van der Waals surface area contributed by atoms with Gasteiger partial charge in [0.05, 0.1) is 7.11 Å². The van der Waals surface area contributed by atoms with Crippen molar-refractivity contribution in [2.24, 2.45) is 0 Å². The monoisotopic (exact) mass is 395 g/mol. The minimum absolute atomic E-state index is 0.296. The Kier molecular flexibility index (Phi) is 4.47. The summed E-state index contributed by atoms with van der Waals surface area (Å²) in [5, 5.41) is 2.32. The van der Waals surface area contributed by atoms with Gasteiger partial charge < -0.3 is 10.1 Å². The molecule has 1 aliphatic carbocycles. The number of rotatable bonds is 4. The van der Waals surface area contributed by atoms with E-state index in [1.807, 2.05) is 0 Å². The molecule has 0 amide bonds. The zero-order chi connectivity index (χ0) is 19.9. The third-order valence-corrected chi connectivity index (χ3v) is 4.76. The predicted molar refractivity (Wildman–Crippen MR) is 89.1 cm³/mol. The number of sulfone groups is 1. The highest BCUT2D eigenvalue weighted by Crippen LogP contribution is 2.30. The van der Waals surface area contributed by atoms with E-state index >= 15 is 0 Å². The summed E-state index contributed by atoms with van der Waals surface area (Å²) in [4.78, 5) is 31.8. The van der Waals surface area contributed by atoms with Crippen LogP contribution < -0.4 is 10.1 Å². The second kappa shape index (κ2) is 6.50. The van der Waals surface area contributed by atoms with Gasteiger partial charge in [0, 0.05) is 36.5 Å². The largest absolute Gasteiger partial charge is 0.491 e. The number of hydrogen-bond acceptors (Lipinski definition) is 8. The van der Waals surface area contributed by atoms with E-state index in [9.17, 15) is 26.8 Å². The number of fused-ring (bicyclic) bond motifs is 1. The first-order valence-electron chi connectivity index (χ1n) is 7.30. The second-order valence-corrected chi connectivity index (χ2v) is 7.44. The lowest BCUT2D eigenvalue weighted by atomic mass is 10.0. The summed E-state index contributed by atoms with van der Waals surface area (Å²) in [5.41, 5.74) is -1.75. The number of ether oxygens (including phenoxy) is 1. The van der Waals surface area contributed by atoms with E-state index in [1.54, 1.807) is 0 Å². The lowest BCUT2D eigenvalue weighted by Gasteiger charge is -2.19. The molecule has 0 aliphatic heterocycles. The fourth-order valence-corrected chi connectivity index (χ4v) is 3.50. The van der Waals surface area contributed by atoms with Crippen molar-refractivity contribution in [2.75, 3.05) is 18.7 Å². The fourth-order valence-electron chi connectivity index (χ4n) is 2.55. The van der Waals surface area contributed by atoms with Crippen LogP contribution >= 0.6 is 0 Å². The van der Waals surface area contributed by atoms with E-state index in [2.05, 4.69) is 20.0 Å². The smallest absolute Gasteiger partial charge is 0.231 e. The first-order valence-corrected chi connectivity index (χ1v) is 9.19. The Balaban J connectivity index is 2.19. The molecule has 3 rings (SSSR count). The highest BCUT2D eigenvalue weighted by molar-refractivity contribution is 7.95. The van der Waals surface area contributed by atoms with Crippen molar-refractivity contribution in [3.63, 3.8) is 0 Å². The first kappa shape index (κ1) is 18.6. The van der Waals surface area contributed by atoms with Crippen LogP contribution in [0.1, 0.15) is 21.0 Å². The molecule has 1 aromatic heterocycles. The maximum absolute atomic E-state index is 13.9. The number of nitrogens with zero attached hydrogens (tertiary/aromatic N) is 2. The zero-order valence-electron chi connectivity index (χ0n) is 13.9. The van der Waals surface area contributed by atoms with Crippen LogP contribution in [0.4, 0.5) is 14.5 Å². The van der Waals surface area contributed by atoms with Crippen LogP contribution in [0.3, 0.4) is 0 Å². The van der Waals surface area contributed by atoms with Gasteiger partial charge in [-0.3, -0.25) is 9.59 Å². The SMILES string of the molecule is COc1c(F)cc(NC2=C(S(C)(=O)=O)C(=O)c3nccnc3C2=O)cc1F. The van der Waals surface area contributed by atoms with E-state index in [-0.39, 0.29) is 11.4 Å². The zero-order valence-corrected chi connectivity index (χ0v) is 14.7. The summed E-state index contributed by atoms with van der Waals surface area (Å²) in [6.07, 6.45) is 3.02. The number of benzene rings is 1. The molecule has 0 atom stereocenters. The summed E-state index contributed by atoms with van der Waals surface area (Å²) in [7, 11) is -3.12. The lowest BCUT2D eigenvalue weighted by molar-refractivity contribution is 0.0974. The van der Waals surface area contributed by atoms with E-state index in [0.29, 0.717) is 0 Å². The number of halogens is 2. The number of aromatic nitrogens is 2. The highest BCUT2D eigenvalue weighted by atomic mass is 32.2. The molecule has 0 radical (unpaired) electrons. The Morgan fingerprint density at radius 1 is 1.00 bits per heavy atom. The third kappa shape index (κ3) is 3.16. The fraction of sp³-hybridized carbons (Fsp3) is 0.125. The Bertz CT molecular complexity index is 1110. The van der Waals surface area contributed by atoms with Gasteiger partial charge in [-0.05, 0) is 0 Å². The summed E-state index contributed by atoms with van der Waals surface area (Å²) >= 11 is 0.